The minimum atomic E-state index is -2.61. The lowest BCUT2D eigenvalue weighted by Crippen LogP contribution is -1.97. The molecule has 1 aromatic heterocycles. The van der Waals surface area contributed by atoms with Crippen molar-refractivity contribution in [1.82, 2.24) is 9.78 Å². The number of nitrogens with two attached hydrogens (primary N) is 1. The second-order valence-electron chi connectivity index (χ2n) is 3.39. The van der Waals surface area contributed by atoms with E-state index in [-0.39, 0.29) is 0 Å². The van der Waals surface area contributed by atoms with E-state index in [2.05, 4.69) is 5.10 Å². The van der Waals surface area contributed by atoms with Crippen LogP contribution in [0.1, 0.15) is 12.1 Å². The van der Waals surface area contributed by atoms with Crippen LogP contribution >= 0.6 is 0 Å². The van der Waals surface area contributed by atoms with E-state index in [1.54, 1.807) is 0 Å². The summed E-state index contributed by atoms with van der Waals surface area (Å²) in [5, 5.41) is 3.58. The molecule has 0 aliphatic rings. The Labute approximate surface area is 91.5 Å². The van der Waals surface area contributed by atoms with Crippen LogP contribution in [-0.4, -0.2) is 9.78 Å². The maximum Gasteiger partial charge on any atom is 0.333 e. The van der Waals surface area contributed by atoms with E-state index in [1.165, 1.54) is 12.4 Å². The first kappa shape index (κ1) is 10.8. The van der Waals surface area contributed by atoms with Gasteiger partial charge in [-0.05, 0) is 17.2 Å². The van der Waals surface area contributed by atoms with Gasteiger partial charge in [-0.15, -0.1) is 0 Å². The number of benzene rings is 1. The molecule has 0 bridgehead atoms. The molecule has 0 radical (unpaired) electrons. The molecule has 5 heteroatoms. The number of hydrogen-bond donors (Lipinski definition) is 1. The van der Waals surface area contributed by atoms with Crippen molar-refractivity contribution in [3.63, 3.8) is 0 Å². The van der Waals surface area contributed by atoms with Crippen LogP contribution in [0.4, 0.5) is 8.78 Å². The average molecular weight is 223 g/mol. The second-order valence-corrected chi connectivity index (χ2v) is 3.39. The fraction of sp³-hybridized carbons (Fsp3) is 0.182. The monoisotopic (exact) mass is 223 g/mol. The van der Waals surface area contributed by atoms with Crippen LogP contribution < -0.4 is 5.73 Å². The molecular weight excluding hydrogens is 212 g/mol. The van der Waals surface area contributed by atoms with Crippen molar-refractivity contribution >= 4 is 0 Å². The van der Waals surface area contributed by atoms with Crippen molar-refractivity contribution in [2.24, 2.45) is 5.73 Å². The van der Waals surface area contributed by atoms with E-state index in [0.29, 0.717) is 16.8 Å². The maximum absolute atomic E-state index is 12.3. The molecule has 0 unspecified atom stereocenters. The molecule has 1 aromatic carbocycles. The van der Waals surface area contributed by atoms with Crippen LogP contribution in [-0.2, 0) is 6.54 Å². The third-order valence-electron chi connectivity index (χ3n) is 2.30. The van der Waals surface area contributed by atoms with Crippen molar-refractivity contribution in [2.75, 3.05) is 0 Å². The Balaban J connectivity index is 2.34. The summed E-state index contributed by atoms with van der Waals surface area (Å²) in [4.78, 5) is 0. The Kier molecular flexibility index (Phi) is 2.96. The topological polar surface area (TPSA) is 43.8 Å². The van der Waals surface area contributed by atoms with Gasteiger partial charge in [-0.1, -0.05) is 18.2 Å². The van der Waals surface area contributed by atoms with Gasteiger partial charge < -0.3 is 5.73 Å². The number of aromatic nitrogens is 2. The van der Waals surface area contributed by atoms with Crippen LogP contribution in [0.25, 0.3) is 11.1 Å². The predicted molar refractivity (Wildman–Crippen MR) is 56.8 cm³/mol. The third kappa shape index (κ3) is 2.09. The molecule has 0 atom stereocenters. The quantitative estimate of drug-likeness (QED) is 0.868. The molecule has 1 heterocycles. The summed E-state index contributed by atoms with van der Waals surface area (Å²) >= 11 is 0. The summed E-state index contributed by atoms with van der Waals surface area (Å²) < 4.78 is 25.3. The first-order chi connectivity index (χ1) is 7.70. The molecular formula is C11H11F2N3. The zero-order valence-electron chi connectivity index (χ0n) is 8.48. The van der Waals surface area contributed by atoms with Crippen molar-refractivity contribution in [1.29, 1.82) is 0 Å². The van der Waals surface area contributed by atoms with E-state index in [4.69, 9.17) is 5.73 Å². The third-order valence-corrected chi connectivity index (χ3v) is 2.30. The van der Waals surface area contributed by atoms with Gasteiger partial charge in [0.05, 0.1) is 6.20 Å². The summed E-state index contributed by atoms with van der Waals surface area (Å²) in [6.07, 6.45) is 2.74. The molecule has 0 saturated heterocycles. The Morgan fingerprint density at radius 2 is 2.12 bits per heavy atom. The molecule has 3 nitrogen and oxygen atoms in total. The summed E-state index contributed by atoms with van der Waals surface area (Å²) in [6.45, 7) is -2.18. The number of hydrogen-bond acceptors (Lipinski definition) is 2. The van der Waals surface area contributed by atoms with Gasteiger partial charge in [0, 0.05) is 18.3 Å². The first-order valence-corrected chi connectivity index (χ1v) is 4.82. The van der Waals surface area contributed by atoms with Gasteiger partial charge in [0.2, 0.25) is 0 Å². The SMILES string of the molecule is NCc1cccc(-c2cnn(C(F)F)c2)c1. The Morgan fingerprint density at radius 1 is 1.31 bits per heavy atom. The van der Waals surface area contributed by atoms with Crippen LogP contribution in [0.5, 0.6) is 0 Å². The smallest absolute Gasteiger partial charge is 0.326 e. The van der Waals surface area contributed by atoms with Gasteiger partial charge in [0.15, 0.2) is 0 Å². The van der Waals surface area contributed by atoms with E-state index >= 15 is 0 Å². The molecule has 0 amide bonds. The molecule has 2 N–H and O–H groups in total. The Bertz CT molecular complexity index is 480. The van der Waals surface area contributed by atoms with E-state index in [0.717, 1.165) is 11.1 Å². The lowest BCUT2D eigenvalue weighted by Gasteiger charge is -2.00. The van der Waals surface area contributed by atoms with Gasteiger partial charge >= 0.3 is 6.55 Å². The fourth-order valence-electron chi connectivity index (χ4n) is 1.47. The van der Waals surface area contributed by atoms with Crippen molar-refractivity contribution in [3.05, 3.63) is 42.2 Å². The standard InChI is InChI=1S/C11H11F2N3/c12-11(13)16-7-10(6-15-16)9-3-1-2-8(4-9)5-14/h1-4,6-7,11H,5,14H2. The second kappa shape index (κ2) is 4.40. The molecule has 0 aliphatic carbocycles. The lowest BCUT2D eigenvalue weighted by atomic mass is 10.1. The number of nitrogens with zero attached hydrogens (tertiary/aromatic N) is 2. The van der Waals surface area contributed by atoms with E-state index in [1.807, 2.05) is 24.3 Å². The number of halogens is 2. The summed E-state index contributed by atoms with van der Waals surface area (Å²) in [7, 11) is 0. The average Bonchev–Trinajstić information content (AvgIpc) is 2.78. The van der Waals surface area contributed by atoms with Gasteiger partial charge in [0.1, 0.15) is 0 Å². The van der Waals surface area contributed by atoms with Crippen LogP contribution in [0.3, 0.4) is 0 Å². The highest BCUT2D eigenvalue weighted by atomic mass is 19.3. The zero-order chi connectivity index (χ0) is 11.5. The molecule has 0 spiro atoms. The minimum Gasteiger partial charge on any atom is -0.326 e. The molecule has 16 heavy (non-hydrogen) atoms. The normalized spacial score (nSPS) is 11.0. The van der Waals surface area contributed by atoms with Crippen molar-refractivity contribution < 1.29 is 8.78 Å². The predicted octanol–water partition coefficient (Wildman–Crippen LogP) is 2.40. The van der Waals surface area contributed by atoms with Gasteiger partial charge in [-0.25, -0.2) is 4.68 Å². The van der Waals surface area contributed by atoms with Gasteiger partial charge in [0.25, 0.3) is 0 Å². The molecule has 2 rings (SSSR count). The molecule has 0 saturated carbocycles. The van der Waals surface area contributed by atoms with E-state index < -0.39 is 6.55 Å². The molecule has 2 aromatic rings. The van der Waals surface area contributed by atoms with Gasteiger partial charge in [-0.2, -0.15) is 13.9 Å². The van der Waals surface area contributed by atoms with E-state index in [9.17, 15) is 8.78 Å². The highest BCUT2D eigenvalue weighted by Crippen LogP contribution is 2.21. The van der Waals surface area contributed by atoms with Crippen molar-refractivity contribution in [2.45, 2.75) is 13.1 Å². The fourth-order valence-corrected chi connectivity index (χ4v) is 1.47. The maximum atomic E-state index is 12.3. The summed E-state index contributed by atoms with van der Waals surface area (Å²) in [5.41, 5.74) is 7.97. The molecule has 0 fully saturated rings. The lowest BCUT2D eigenvalue weighted by molar-refractivity contribution is 0.0566. The van der Waals surface area contributed by atoms with Gasteiger partial charge in [-0.3, -0.25) is 0 Å². The Hall–Kier alpha value is -1.75. The highest BCUT2D eigenvalue weighted by Gasteiger charge is 2.08. The summed E-state index contributed by atoms with van der Waals surface area (Å²) in [5.74, 6) is 0. The Morgan fingerprint density at radius 3 is 2.75 bits per heavy atom. The van der Waals surface area contributed by atoms with Crippen molar-refractivity contribution in [3.8, 4) is 11.1 Å². The summed E-state index contributed by atoms with van der Waals surface area (Å²) in [6, 6.07) is 7.44. The number of alkyl halides is 2. The number of rotatable bonds is 3. The highest BCUT2D eigenvalue weighted by molar-refractivity contribution is 5.62. The zero-order valence-corrected chi connectivity index (χ0v) is 8.48. The van der Waals surface area contributed by atoms with Crippen LogP contribution in [0.15, 0.2) is 36.7 Å². The largest absolute Gasteiger partial charge is 0.333 e. The van der Waals surface area contributed by atoms with Crippen LogP contribution in [0.2, 0.25) is 0 Å². The first-order valence-electron chi connectivity index (χ1n) is 4.82. The molecule has 0 aliphatic heterocycles. The molecule has 84 valence electrons. The minimum absolute atomic E-state index is 0.427. The van der Waals surface area contributed by atoms with Crippen LogP contribution in [0, 0.1) is 0 Å².